The van der Waals surface area contributed by atoms with Gasteiger partial charge in [-0.15, -0.1) is 0 Å². The van der Waals surface area contributed by atoms with Gasteiger partial charge in [-0.2, -0.15) is 0 Å². The number of aromatic nitrogens is 2. The lowest BCUT2D eigenvalue weighted by molar-refractivity contribution is -0.131. The molecular formula is C23H39N7O. The molecule has 0 radical (unpaired) electrons. The van der Waals surface area contributed by atoms with E-state index in [1.165, 1.54) is 25.7 Å². The van der Waals surface area contributed by atoms with Gasteiger partial charge in [0.15, 0.2) is 5.96 Å². The van der Waals surface area contributed by atoms with Gasteiger partial charge in [0.25, 0.3) is 0 Å². The van der Waals surface area contributed by atoms with Crippen molar-refractivity contribution < 1.29 is 4.79 Å². The summed E-state index contributed by atoms with van der Waals surface area (Å²) in [5.74, 6) is 3.43. The van der Waals surface area contributed by atoms with E-state index < -0.39 is 0 Å². The first kappa shape index (κ1) is 23.3. The fourth-order valence-corrected chi connectivity index (χ4v) is 4.58. The van der Waals surface area contributed by atoms with Gasteiger partial charge in [0, 0.05) is 64.6 Å². The molecule has 0 bridgehead atoms. The number of carbonyl (C=O) groups is 1. The van der Waals surface area contributed by atoms with Crippen LogP contribution in [0.15, 0.2) is 23.5 Å². The summed E-state index contributed by atoms with van der Waals surface area (Å²) >= 11 is 0. The number of nitrogens with zero attached hydrogens (tertiary/aromatic N) is 5. The number of piperazine rings is 1. The van der Waals surface area contributed by atoms with Crippen LogP contribution >= 0.6 is 0 Å². The SMILES string of the molecule is CCNC(=NCCC1CCCC(C)C1)NCCC(=O)N1CCN(c2ncccn2)CC1. The first-order valence-electron chi connectivity index (χ1n) is 12.0. The number of hydrogen-bond donors (Lipinski definition) is 2. The van der Waals surface area contributed by atoms with Gasteiger partial charge in [-0.25, -0.2) is 9.97 Å². The van der Waals surface area contributed by atoms with Gasteiger partial charge in [0.05, 0.1) is 0 Å². The van der Waals surface area contributed by atoms with Gasteiger partial charge < -0.3 is 20.4 Å². The third-order valence-electron chi connectivity index (χ3n) is 6.30. The van der Waals surface area contributed by atoms with Crippen molar-refractivity contribution in [1.29, 1.82) is 0 Å². The lowest BCUT2D eigenvalue weighted by Gasteiger charge is -2.34. The van der Waals surface area contributed by atoms with E-state index in [2.05, 4.69) is 39.3 Å². The molecule has 1 saturated carbocycles. The molecule has 8 heteroatoms. The van der Waals surface area contributed by atoms with Gasteiger partial charge in [0.1, 0.15) is 0 Å². The molecule has 2 aliphatic rings. The standard InChI is InChI=1S/C23H39N7O/c1-3-24-22(25-12-8-20-7-4-6-19(2)18-20)26-13-9-21(31)29-14-16-30(17-15-29)23-27-10-5-11-28-23/h5,10-11,19-20H,3-4,6-9,12-18H2,1-2H3,(H2,24,25,26). The molecule has 2 fully saturated rings. The Kier molecular flexibility index (Phi) is 9.37. The second kappa shape index (κ2) is 12.5. The van der Waals surface area contributed by atoms with Crippen LogP contribution in [0.2, 0.25) is 0 Å². The molecule has 0 aromatic carbocycles. The Morgan fingerprint density at radius 1 is 1.16 bits per heavy atom. The second-order valence-corrected chi connectivity index (χ2v) is 8.78. The van der Waals surface area contributed by atoms with Crippen molar-refractivity contribution in [2.75, 3.05) is 50.7 Å². The smallest absolute Gasteiger partial charge is 0.225 e. The lowest BCUT2D eigenvalue weighted by atomic mass is 9.81. The predicted octanol–water partition coefficient (Wildman–Crippen LogP) is 2.29. The van der Waals surface area contributed by atoms with Crippen LogP contribution in [0.4, 0.5) is 5.95 Å². The van der Waals surface area contributed by atoms with E-state index >= 15 is 0 Å². The van der Waals surface area contributed by atoms with Crippen molar-refractivity contribution >= 4 is 17.8 Å². The number of aliphatic imine (C=N–C) groups is 1. The minimum absolute atomic E-state index is 0.188. The molecule has 2 heterocycles. The second-order valence-electron chi connectivity index (χ2n) is 8.78. The summed E-state index contributed by atoms with van der Waals surface area (Å²) in [7, 11) is 0. The Morgan fingerprint density at radius 3 is 2.65 bits per heavy atom. The van der Waals surface area contributed by atoms with Crippen molar-refractivity contribution in [3.8, 4) is 0 Å². The lowest BCUT2D eigenvalue weighted by Crippen LogP contribution is -2.50. The molecule has 2 N–H and O–H groups in total. The molecule has 1 aromatic heterocycles. The molecule has 1 aromatic rings. The molecule has 3 rings (SSSR count). The number of hydrogen-bond acceptors (Lipinski definition) is 5. The largest absolute Gasteiger partial charge is 0.357 e. The Morgan fingerprint density at radius 2 is 1.94 bits per heavy atom. The highest BCUT2D eigenvalue weighted by Gasteiger charge is 2.22. The minimum Gasteiger partial charge on any atom is -0.357 e. The van der Waals surface area contributed by atoms with E-state index in [0.29, 0.717) is 26.1 Å². The molecule has 1 amide bonds. The maximum absolute atomic E-state index is 12.6. The summed E-state index contributed by atoms with van der Waals surface area (Å²) in [4.78, 5) is 30.0. The summed E-state index contributed by atoms with van der Waals surface area (Å²) in [6.07, 6.45) is 10.6. The molecule has 31 heavy (non-hydrogen) atoms. The molecule has 2 atom stereocenters. The topological polar surface area (TPSA) is 85.8 Å². The zero-order chi connectivity index (χ0) is 21.9. The van der Waals surface area contributed by atoms with E-state index in [9.17, 15) is 4.79 Å². The average molecular weight is 430 g/mol. The summed E-state index contributed by atoms with van der Waals surface area (Å²) in [5, 5.41) is 6.63. The first-order chi connectivity index (χ1) is 15.2. The molecule has 8 nitrogen and oxygen atoms in total. The van der Waals surface area contributed by atoms with Crippen molar-refractivity contribution in [3.63, 3.8) is 0 Å². The monoisotopic (exact) mass is 429 g/mol. The quantitative estimate of drug-likeness (QED) is 0.487. The molecule has 2 unspecified atom stereocenters. The number of rotatable bonds is 8. The molecular weight excluding hydrogens is 390 g/mol. The van der Waals surface area contributed by atoms with Crippen molar-refractivity contribution in [1.82, 2.24) is 25.5 Å². The van der Waals surface area contributed by atoms with Crippen LogP contribution in [0.5, 0.6) is 0 Å². The van der Waals surface area contributed by atoms with Crippen LogP contribution in [-0.2, 0) is 4.79 Å². The number of carbonyl (C=O) groups excluding carboxylic acids is 1. The van der Waals surface area contributed by atoms with Crippen LogP contribution in [-0.4, -0.2) is 72.5 Å². The molecule has 1 aliphatic carbocycles. The number of guanidine groups is 1. The number of anilines is 1. The van der Waals surface area contributed by atoms with Crippen molar-refractivity contribution in [2.24, 2.45) is 16.8 Å². The van der Waals surface area contributed by atoms with E-state index in [1.54, 1.807) is 12.4 Å². The van der Waals surface area contributed by atoms with Gasteiger partial charge in [-0.3, -0.25) is 9.79 Å². The van der Waals surface area contributed by atoms with Crippen molar-refractivity contribution in [2.45, 2.75) is 52.4 Å². The van der Waals surface area contributed by atoms with E-state index in [1.807, 2.05) is 11.0 Å². The summed E-state index contributed by atoms with van der Waals surface area (Å²) in [5.41, 5.74) is 0. The van der Waals surface area contributed by atoms with Gasteiger partial charge >= 0.3 is 0 Å². The minimum atomic E-state index is 0.188. The fourth-order valence-electron chi connectivity index (χ4n) is 4.58. The summed E-state index contributed by atoms with van der Waals surface area (Å²) in [6.45, 7) is 9.69. The molecule has 1 saturated heterocycles. The molecule has 0 spiro atoms. The highest BCUT2D eigenvalue weighted by atomic mass is 16.2. The maximum atomic E-state index is 12.6. The van der Waals surface area contributed by atoms with Crippen molar-refractivity contribution in [3.05, 3.63) is 18.5 Å². The van der Waals surface area contributed by atoms with Crippen LogP contribution in [0.3, 0.4) is 0 Å². The highest BCUT2D eigenvalue weighted by Crippen LogP contribution is 2.30. The van der Waals surface area contributed by atoms with E-state index in [4.69, 9.17) is 4.99 Å². The maximum Gasteiger partial charge on any atom is 0.225 e. The van der Waals surface area contributed by atoms with Crippen LogP contribution in [0.25, 0.3) is 0 Å². The summed E-state index contributed by atoms with van der Waals surface area (Å²) < 4.78 is 0. The first-order valence-corrected chi connectivity index (χ1v) is 12.0. The third-order valence-corrected chi connectivity index (χ3v) is 6.30. The van der Waals surface area contributed by atoms with Gasteiger partial charge in [-0.05, 0) is 37.7 Å². The van der Waals surface area contributed by atoms with Crippen LogP contribution in [0.1, 0.15) is 52.4 Å². The van der Waals surface area contributed by atoms with Crippen LogP contribution in [0, 0.1) is 11.8 Å². The number of nitrogens with one attached hydrogen (secondary N) is 2. The third kappa shape index (κ3) is 7.67. The average Bonchev–Trinajstić information content (AvgIpc) is 2.80. The Bertz CT molecular complexity index is 688. The fraction of sp³-hybridized carbons (Fsp3) is 0.739. The zero-order valence-corrected chi connectivity index (χ0v) is 19.2. The summed E-state index contributed by atoms with van der Waals surface area (Å²) in [6, 6.07) is 1.82. The van der Waals surface area contributed by atoms with Gasteiger partial charge in [-0.1, -0.05) is 26.2 Å². The molecule has 1 aliphatic heterocycles. The molecule has 172 valence electrons. The Balaban J connectivity index is 1.35. The van der Waals surface area contributed by atoms with E-state index in [-0.39, 0.29) is 5.91 Å². The van der Waals surface area contributed by atoms with Crippen LogP contribution < -0.4 is 15.5 Å². The highest BCUT2D eigenvalue weighted by molar-refractivity contribution is 5.81. The Labute approximate surface area is 186 Å². The normalized spacial score (nSPS) is 22.3. The Hall–Kier alpha value is -2.38. The van der Waals surface area contributed by atoms with Gasteiger partial charge in [0.2, 0.25) is 11.9 Å². The zero-order valence-electron chi connectivity index (χ0n) is 19.2. The van der Waals surface area contributed by atoms with E-state index in [0.717, 1.165) is 56.3 Å². The number of amides is 1. The predicted molar refractivity (Wildman–Crippen MR) is 125 cm³/mol.